The van der Waals surface area contributed by atoms with Gasteiger partial charge in [0.15, 0.2) is 5.96 Å². The van der Waals surface area contributed by atoms with Gasteiger partial charge in [0.1, 0.15) is 0 Å². The first-order valence-electron chi connectivity index (χ1n) is 8.29. The van der Waals surface area contributed by atoms with Crippen molar-refractivity contribution in [2.75, 3.05) is 25.5 Å². The highest BCUT2D eigenvalue weighted by molar-refractivity contribution is 5.94. The van der Waals surface area contributed by atoms with Crippen LogP contribution in [0.2, 0.25) is 0 Å². The average molecular weight is 339 g/mol. The summed E-state index contributed by atoms with van der Waals surface area (Å²) in [5, 5.41) is 9.03. The van der Waals surface area contributed by atoms with Crippen molar-refractivity contribution < 1.29 is 4.79 Å². The third-order valence-corrected chi connectivity index (χ3v) is 3.81. The van der Waals surface area contributed by atoms with Gasteiger partial charge in [-0.3, -0.25) is 14.8 Å². The molecule has 3 N–H and O–H groups in total. The van der Waals surface area contributed by atoms with E-state index >= 15 is 0 Å². The molecule has 6 nitrogen and oxygen atoms in total. The number of rotatable bonds is 6. The molecule has 1 atom stereocenters. The number of amides is 1. The fourth-order valence-corrected chi connectivity index (χ4v) is 2.29. The molecule has 25 heavy (non-hydrogen) atoms. The van der Waals surface area contributed by atoms with Crippen molar-refractivity contribution in [2.24, 2.45) is 4.99 Å². The first kappa shape index (κ1) is 18.4. The Hall–Kier alpha value is -2.89. The second-order valence-electron chi connectivity index (χ2n) is 5.91. The summed E-state index contributed by atoms with van der Waals surface area (Å²) in [6.07, 6.45) is 3.27. The SMILES string of the molecule is CN=C(NCC(=O)Nc1cccnc1)NCC(C)c1ccc(C)cc1. The molecule has 0 aliphatic carbocycles. The lowest BCUT2D eigenvalue weighted by Gasteiger charge is -2.16. The third-order valence-electron chi connectivity index (χ3n) is 3.81. The minimum Gasteiger partial charge on any atom is -0.356 e. The molecule has 1 aromatic heterocycles. The summed E-state index contributed by atoms with van der Waals surface area (Å²) in [4.78, 5) is 20.1. The van der Waals surface area contributed by atoms with Crippen molar-refractivity contribution in [3.05, 3.63) is 59.9 Å². The maximum atomic E-state index is 11.9. The van der Waals surface area contributed by atoms with Gasteiger partial charge in [0.2, 0.25) is 5.91 Å². The van der Waals surface area contributed by atoms with E-state index in [9.17, 15) is 4.79 Å². The molecule has 0 saturated carbocycles. The molecule has 0 spiro atoms. The van der Waals surface area contributed by atoms with E-state index in [1.165, 1.54) is 11.1 Å². The summed E-state index contributed by atoms with van der Waals surface area (Å²) in [6, 6.07) is 12.1. The minimum absolute atomic E-state index is 0.132. The molecule has 132 valence electrons. The minimum atomic E-state index is -0.150. The van der Waals surface area contributed by atoms with Crippen LogP contribution >= 0.6 is 0 Å². The number of aryl methyl sites for hydroxylation is 1. The highest BCUT2D eigenvalue weighted by atomic mass is 16.1. The van der Waals surface area contributed by atoms with E-state index in [1.807, 2.05) is 0 Å². The van der Waals surface area contributed by atoms with Crippen molar-refractivity contribution in [3.63, 3.8) is 0 Å². The second-order valence-corrected chi connectivity index (χ2v) is 5.91. The van der Waals surface area contributed by atoms with Gasteiger partial charge in [0.25, 0.3) is 0 Å². The average Bonchev–Trinajstić information content (AvgIpc) is 2.63. The fraction of sp³-hybridized carbons (Fsp3) is 0.316. The topological polar surface area (TPSA) is 78.4 Å². The summed E-state index contributed by atoms with van der Waals surface area (Å²) < 4.78 is 0. The lowest BCUT2D eigenvalue weighted by Crippen LogP contribution is -2.42. The predicted molar refractivity (Wildman–Crippen MR) is 102 cm³/mol. The Kier molecular flexibility index (Phi) is 6.95. The molecule has 0 aliphatic heterocycles. The van der Waals surface area contributed by atoms with Gasteiger partial charge in [0.05, 0.1) is 18.4 Å². The van der Waals surface area contributed by atoms with Crippen LogP contribution in [0.15, 0.2) is 53.8 Å². The largest absolute Gasteiger partial charge is 0.356 e. The standard InChI is InChI=1S/C19H25N5O/c1-14-6-8-16(9-7-14)15(2)11-22-19(20-3)23-13-18(25)24-17-5-4-10-21-12-17/h4-10,12,15H,11,13H2,1-3H3,(H,24,25)(H2,20,22,23). The Balaban J connectivity index is 1.76. The zero-order valence-corrected chi connectivity index (χ0v) is 14.9. The zero-order valence-electron chi connectivity index (χ0n) is 14.9. The van der Waals surface area contributed by atoms with Crippen molar-refractivity contribution in [2.45, 2.75) is 19.8 Å². The van der Waals surface area contributed by atoms with E-state index in [2.05, 4.69) is 64.0 Å². The number of benzene rings is 1. The number of hydrogen-bond acceptors (Lipinski definition) is 3. The van der Waals surface area contributed by atoms with Crippen molar-refractivity contribution in [1.29, 1.82) is 0 Å². The molecule has 0 fully saturated rings. The van der Waals surface area contributed by atoms with Crippen LogP contribution in [0.5, 0.6) is 0 Å². The molecule has 0 aliphatic rings. The van der Waals surface area contributed by atoms with Gasteiger partial charge in [0, 0.05) is 19.8 Å². The smallest absolute Gasteiger partial charge is 0.243 e. The van der Waals surface area contributed by atoms with Crippen LogP contribution in [-0.4, -0.2) is 37.0 Å². The number of guanidine groups is 1. The van der Waals surface area contributed by atoms with E-state index in [0.29, 0.717) is 17.6 Å². The summed E-state index contributed by atoms with van der Waals surface area (Å²) in [6.45, 7) is 5.09. The molecule has 1 amide bonds. The molecule has 0 bridgehead atoms. The Morgan fingerprint density at radius 1 is 1.20 bits per heavy atom. The maximum absolute atomic E-state index is 11.9. The molecule has 2 aromatic rings. The van der Waals surface area contributed by atoms with Crippen molar-refractivity contribution in [3.8, 4) is 0 Å². The molecule has 0 radical (unpaired) electrons. The van der Waals surface area contributed by atoms with E-state index in [1.54, 1.807) is 31.6 Å². The van der Waals surface area contributed by atoms with Gasteiger partial charge >= 0.3 is 0 Å². The Bertz CT molecular complexity index is 698. The lowest BCUT2D eigenvalue weighted by atomic mass is 10.0. The number of pyridine rings is 1. The number of hydrogen-bond donors (Lipinski definition) is 3. The molecule has 2 rings (SSSR count). The lowest BCUT2D eigenvalue weighted by molar-refractivity contribution is -0.115. The van der Waals surface area contributed by atoms with Crippen LogP contribution < -0.4 is 16.0 Å². The second kappa shape index (κ2) is 9.42. The highest BCUT2D eigenvalue weighted by Gasteiger charge is 2.08. The van der Waals surface area contributed by atoms with Crippen molar-refractivity contribution in [1.82, 2.24) is 15.6 Å². The van der Waals surface area contributed by atoms with Crippen molar-refractivity contribution >= 4 is 17.6 Å². The van der Waals surface area contributed by atoms with Crippen LogP contribution in [0.4, 0.5) is 5.69 Å². The molecule has 1 aromatic carbocycles. The third kappa shape index (κ3) is 6.25. The summed E-state index contributed by atoms with van der Waals surface area (Å²) in [5.74, 6) is 0.784. The quantitative estimate of drug-likeness (QED) is 0.557. The van der Waals surface area contributed by atoms with Crippen LogP contribution in [0, 0.1) is 6.92 Å². The Morgan fingerprint density at radius 2 is 1.96 bits per heavy atom. The van der Waals surface area contributed by atoms with E-state index in [0.717, 1.165) is 6.54 Å². The summed E-state index contributed by atoms with van der Waals surface area (Å²) in [7, 11) is 1.69. The molecular formula is C19H25N5O. The molecular weight excluding hydrogens is 314 g/mol. The van der Waals surface area contributed by atoms with Gasteiger partial charge < -0.3 is 16.0 Å². The molecule has 0 saturated heterocycles. The predicted octanol–water partition coefficient (Wildman–Crippen LogP) is 2.30. The van der Waals surface area contributed by atoms with Gasteiger partial charge in [-0.1, -0.05) is 36.8 Å². The number of carbonyl (C=O) groups excluding carboxylic acids is 1. The van der Waals surface area contributed by atoms with Crippen LogP contribution in [0.3, 0.4) is 0 Å². The number of aliphatic imine (C=N–C) groups is 1. The monoisotopic (exact) mass is 339 g/mol. The van der Waals surface area contributed by atoms with E-state index in [-0.39, 0.29) is 12.5 Å². The molecule has 1 unspecified atom stereocenters. The fourth-order valence-electron chi connectivity index (χ4n) is 2.29. The van der Waals surface area contributed by atoms with Crippen LogP contribution in [-0.2, 0) is 4.79 Å². The van der Waals surface area contributed by atoms with Gasteiger partial charge in [-0.05, 0) is 30.5 Å². The molecule has 6 heteroatoms. The van der Waals surface area contributed by atoms with Gasteiger partial charge in [-0.25, -0.2) is 0 Å². The summed E-state index contributed by atoms with van der Waals surface area (Å²) >= 11 is 0. The number of anilines is 1. The number of aromatic nitrogens is 1. The van der Waals surface area contributed by atoms with Gasteiger partial charge in [-0.2, -0.15) is 0 Å². The van der Waals surface area contributed by atoms with Gasteiger partial charge in [-0.15, -0.1) is 0 Å². The highest BCUT2D eigenvalue weighted by Crippen LogP contribution is 2.14. The Morgan fingerprint density at radius 3 is 2.60 bits per heavy atom. The summed E-state index contributed by atoms with van der Waals surface area (Å²) in [5.41, 5.74) is 3.19. The number of nitrogens with zero attached hydrogens (tertiary/aromatic N) is 2. The number of nitrogens with one attached hydrogen (secondary N) is 3. The van der Waals surface area contributed by atoms with Crippen LogP contribution in [0.25, 0.3) is 0 Å². The van der Waals surface area contributed by atoms with Crippen LogP contribution in [0.1, 0.15) is 24.0 Å². The number of carbonyl (C=O) groups is 1. The zero-order chi connectivity index (χ0) is 18.1. The normalized spacial score (nSPS) is 12.4. The maximum Gasteiger partial charge on any atom is 0.243 e. The van der Waals surface area contributed by atoms with E-state index in [4.69, 9.17) is 0 Å². The van der Waals surface area contributed by atoms with E-state index < -0.39 is 0 Å². The first-order chi connectivity index (χ1) is 12.1. The first-order valence-corrected chi connectivity index (χ1v) is 8.29. The molecule has 1 heterocycles. The Labute approximate surface area is 148 Å².